The summed E-state index contributed by atoms with van der Waals surface area (Å²) in [4.78, 5) is 8.22. The molecule has 0 bridgehead atoms. The number of benzene rings is 1. The highest BCUT2D eigenvalue weighted by Gasteiger charge is 2.04. The maximum atomic E-state index is 5.85. The molecule has 0 aliphatic rings. The Morgan fingerprint density at radius 1 is 1.22 bits per heavy atom. The van der Waals surface area contributed by atoms with Crippen LogP contribution < -0.4 is 9.47 Å². The van der Waals surface area contributed by atoms with Crippen LogP contribution in [0.1, 0.15) is 11.4 Å². The summed E-state index contributed by atoms with van der Waals surface area (Å²) in [5.74, 6) is 1.69. The van der Waals surface area contributed by atoms with Crippen LogP contribution in [0.3, 0.4) is 0 Å². The molecule has 5 heteroatoms. The van der Waals surface area contributed by atoms with Crippen molar-refractivity contribution >= 4 is 11.6 Å². The van der Waals surface area contributed by atoms with Crippen molar-refractivity contribution in [3.63, 3.8) is 0 Å². The van der Waals surface area contributed by atoms with Gasteiger partial charge in [0.1, 0.15) is 17.5 Å². The molecule has 0 aliphatic heterocycles. The number of methoxy groups -OCH3 is 1. The minimum atomic E-state index is 0.250. The predicted molar refractivity (Wildman–Crippen MR) is 69.1 cm³/mol. The van der Waals surface area contributed by atoms with E-state index in [1.807, 2.05) is 31.2 Å². The van der Waals surface area contributed by atoms with Crippen LogP contribution in [-0.2, 0) is 6.61 Å². The summed E-state index contributed by atoms with van der Waals surface area (Å²) in [6.45, 7) is 2.26. The van der Waals surface area contributed by atoms with E-state index in [9.17, 15) is 0 Å². The fourth-order valence-corrected chi connectivity index (χ4v) is 1.65. The molecule has 0 unspecified atom stereocenters. The first-order valence-corrected chi connectivity index (χ1v) is 5.82. The van der Waals surface area contributed by atoms with Crippen LogP contribution >= 0.6 is 11.6 Å². The van der Waals surface area contributed by atoms with E-state index in [1.165, 1.54) is 7.11 Å². The molecule has 1 aromatic carbocycles. The minimum absolute atomic E-state index is 0.250. The van der Waals surface area contributed by atoms with Gasteiger partial charge in [-0.25, -0.2) is 4.98 Å². The van der Waals surface area contributed by atoms with E-state index in [2.05, 4.69) is 9.97 Å². The molecule has 1 heterocycles. The Labute approximate surface area is 111 Å². The summed E-state index contributed by atoms with van der Waals surface area (Å²) < 4.78 is 10.6. The van der Waals surface area contributed by atoms with E-state index >= 15 is 0 Å². The second-order valence-corrected chi connectivity index (χ2v) is 4.14. The van der Waals surface area contributed by atoms with Crippen LogP contribution in [0.2, 0.25) is 5.15 Å². The third-order valence-electron chi connectivity index (χ3n) is 2.28. The van der Waals surface area contributed by atoms with Gasteiger partial charge in [-0.15, -0.1) is 0 Å². The van der Waals surface area contributed by atoms with Crippen molar-refractivity contribution in [2.75, 3.05) is 7.11 Å². The fourth-order valence-electron chi connectivity index (χ4n) is 1.46. The van der Waals surface area contributed by atoms with Gasteiger partial charge in [-0.2, -0.15) is 4.98 Å². The Hall–Kier alpha value is -1.81. The van der Waals surface area contributed by atoms with E-state index < -0.39 is 0 Å². The Morgan fingerprint density at radius 2 is 2.06 bits per heavy atom. The van der Waals surface area contributed by atoms with Crippen LogP contribution in [0, 0.1) is 6.92 Å². The first-order chi connectivity index (χ1) is 8.67. The number of aryl methyl sites for hydroxylation is 1. The van der Waals surface area contributed by atoms with Gasteiger partial charge in [0, 0.05) is 6.07 Å². The van der Waals surface area contributed by atoms with Crippen molar-refractivity contribution in [2.45, 2.75) is 13.5 Å². The zero-order valence-corrected chi connectivity index (χ0v) is 10.9. The van der Waals surface area contributed by atoms with E-state index in [1.54, 1.807) is 6.07 Å². The summed E-state index contributed by atoms with van der Waals surface area (Å²) >= 11 is 5.85. The van der Waals surface area contributed by atoms with Gasteiger partial charge in [0.2, 0.25) is 5.88 Å². The minimum Gasteiger partial charge on any atom is -0.486 e. The van der Waals surface area contributed by atoms with Gasteiger partial charge in [-0.3, -0.25) is 0 Å². The summed E-state index contributed by atoms with van der Waals surface area (Å²) in [7, 11) is 1.53. The summed E-state index contributed by atoms with van der Waals surface area (Å²) in [5, 5.41) is 0.338. The molecule has 0 spiro atoms. The second kappa shape index (κ2) is 5.69. The highest BCUT2D eigenvalue weighted by molar-refractivity contribution is 6.29. The number of aromatic nitrogens is 2. The lowest BCUT2D eigenvalue weighted by Crippen LogP contribution is -2.03. The van der Waals surface area contributed by atoms with Gasteiger partial charge in [0.25, 0.3) is 0 Å². The monoisotopic (exact) mass is 264 g/mol. The molecule has 0 saturated carbocycles. The Bertz CT molecular complexity index is 546. The Morgan fingerprint density at radius 3 is 2.78 bits per heavy atom. The second-order valence-electron chi connectivity index (χ2n) is 3.75. The highest BCUT2D eigenvalue weighted by atomic mass is 35.5. The largest absolute Gasteiger partial charge is 0.486 e. The SMILES string of the molecule is COc1cc(Cl)nc(COc2cccc(C)c2)n1. The van der Waals surface area contributed by atoms with Crippen LogP contribution in [0.15, 0.2) is 30.3 Å². The maximum absolute atomic E-state index is 5.85. The number of ether oxygens (including phenoxy) is 2. The molecule has 2 aromatic rings. The molecule has 0 amide bonds. The molecule has 18 heavy (non-hydrogen) atoms. The predicted octanol–water partition coefficient (Wildman–Crippen LogP) is 3.03. The highest BCUT2D eigenvalue weighted by Crippen LogP contribution is 2.16. The van der Waals surface area contributed by atoms with Crippen molar-refractivity contribution < 1.29 is 9.47 Å². The topological polar surface area (TPSA) is 44.2 Å². The molecule has 94 valence electrons. The summed E-state index contributed by atoms with van der Waals surface area (Å²) in [6.07, 6.45) is 0. The zero-order valence-electron chi connectivity index (χ0n) is 10.2. The molecule has 0 fully saturated rings. The standard InChI is InChI=1S/C13H13ClN2O2/c1-9-4-3-5-10(6-9)18-8-12-15-11(14)7-13(16-12)17-2/h3-7H,8H2,1-2H3. The average molecular weight is 265 g/mol. The molecule has 0 aliphatic carbocycles. The molecular weight excluding hydrogens is 252 g/mol. The molecule has 2 rings (SSSR count). The number of hydrogen-bond donors (Lipinski definition) is 0. The van der Waals surface area contributed by atoms with Gasteiger partial charge in [-0.05, 0) is 24.6 Å². The Kier molecular flexibility index (Phi) is 3.99. The van der Waals surface area contributed by atoms with E-state index in [0.717, 1.165) is 11.3 Å². The third kappa shape index (κ3) is 3.34. The lowest BCUT2D eigenvalue weighted by molar-refractivity contribution is 0.292. The lowest BCUT2D eigenvalue weighted by Gasteiger charge is -2.07. The van der Waals surface area contributed by atoms with Gasteiger partial charge in [0.15, 0.2) is 5.82 Å². The van der Waals surface area contributed by atoms with Crippen LogP contribution in [0.25, 0.3) is 0 Å². The molecule has 0 radical (unpaired) electrons. The number of hydrogen-bond acceptors (Lipinski definition) is 4. The van der Waals surface area contributed by atoms with Crippen molar-refractivity contribution in [3.8, 4) is 11.6 Å². The molecular formula is C13H13ClN2O2. The van der Waals surface area contributed by atoms with Gasteiger partial charge in [0.05, 0.1) is 7.11 Å². The van der Waals surface area contributed by atoms with Gasteiger partial charge >= 0.3 is 0 Å². The number of rotatable bonds is 4. The first-order valence-electron chi connectivity index (χ1n) is 5.44. The first kappa shape index (κ1) is 12.6. The number of nitrogens with zero attached hydrogens (tertiary/aromatic N) is 2. The van der Waals surface area contributed by atoms with Crippen molar-refractivity contribution in [1.82, 2.24) is 9.97 Å². The van der Waals surface area contributed by atoms with E-state index in [-0.39, 0.29) is 6.61 Å². The van der Waals surface area contributed by atoms with Crippen molar-refractivity contribution in [1.29, 1.82) is 0 Å². The van der Waals surface area contributed by atoms with Crippen LogP contribution in [0.4, 0.5) is 0 Å². The van der Waals surface area contributed by atoms with Crippen LogP contribution in [0.5, 0.6) is 11.6 Å². The smallest absolute Gasteiger partial charge is 0.217 e. The molecule has 1 aromatic heterocycles. The van der Waals surface area contributed by atoms with Crippen molar-refractivity contribution in [3.05, 3.63) is 46.9 Å². The van der Waals surface area contributed by atoms with E-state index in [4.69, 9.17) is 21.1 Å². The summed E-state index contributed by atoms with van der Waals surface area (Å²) in [5.41, 5.74) is 1.14. The number of halogens is 1. The quantitative estimate of drug-likeness (QED) is 0.796. The van der Waals surface area contributed by atoms with Gasteiger partial charge < -0.3 is 9.47 Å². The fraction of sp³-hybridized carbons (Fsp3) is 0.231. The third-order valence-corrected chi connectivity index (χ3v) is 2.48. The normalized spacial score (nSPS) is 10.2. The zero-order chi connectivity index (χ0) is 13.0. The average Bonchev–Trinajstić information content (AvgIpc) is 2.36. The lowest BCUT2D eigenvalue weighted by atomic mass is 10.2. The maximum Gasteiger partial charge on any atom is 0.217 e. The Balaban J connectivity index is 2.08. The molecule has 0 atom stereocenters. The van der Waals surface area contributed by atoms with Crippen LogP contribution in [-0.4, -0.2) is 17.1 Å². The molecule has 4 nitrogen and oxygen atoms in total. The van der Waals surface area contributed by atoms with Gasteiger partial charge in [-0.1, -0.05) is 23.7 Å². The van der Waals surface area contributed by atoms with Crippen molar-refractivity contribution in [2.24, 2.45) is 0 Å². The molecule has 0 saturated heterocycles. The molecule has 0 N–H and O–H groups in total. The van der Waals surface area contributed by atoms with E-state index in [0.29, 0.717) is 16.9 Å². The summed E-state index contributed by atoms with van der Waals surface area (Å²) in [6, 6.07) is 9.32.